The van der Waals surface area contributed by atoms with E-state index in [2.05, 4.69) is 85.6 Å². The summed E-state index contributed by atoms with van der Waals surface area (Å²) in [5, 5.41) is 18.5. The number of benzene rings is 2. The molecule has 8 nitrogen and oxygen atoms in total. The number of amides is 2. The van der Waals surface area contributed by atoms with Gasteiger partial charge in [0.05, 0.1) is 17.5 Å². The van der Waals surface area contributed by atoms with E-state index in [1.807, 2.05) is 18.5 Å². The molecule has 0 saturated carbocycles. The fourth-order valence-corrected chi connectivity index (χ4v) is 6.79. The van der Waals surface area contributed by atoms with Gasteiger partial charge in [-0.2, -0.15) is 5.10 Å². The summed E-state index contributed by atoms with van der Waals surface area (Å²) < 4.78 is 2.04. The summed E-state index contributed by atoms with van der Waals surface area (Å²) in [5.41, 5.74) is 6.21. The number of nitrogens with zero attached hydrogens (tertiary/aromatic N) is 4. The van der Waals surface area contributed by atoms with Crippen molar-refractivity contribution in [1.82, 2.24) is 24.9 Å². The van der Waals surface area contributed by atoms with Crippen molar-refractivity contribution in [2.45, 2.75) is 97.4 Å². The molecule has 2 aliphatic rings. The third-order valence-electron chi connectivity index (χ3n) is 9.75. The molecule has 3 heterocycles. The van der Waals surface area contributed by atoms with Crippen LogP contribution in [0.3, 0.4) is 0 Å². The lowest BCUT2D eigenvalue weighted by Gasteiger charge is -2.52. The van der Waals surface area contributed by atoms with Crippen LogP contribution >= 0.6 is 12.4 Å². The van der Waals surface area contributed by atoms with E-state index in [9.17, 15) is 14.7 Å². The number of aromatic nitrogens is 2. The van der Waals surface area contributed by atoms with E-state index in [1.54, 1.807) is 4.90 Å². The van der Waals surface area contributed by atoms with Crippen LogP contribution in [-0.2, 0) is 29.0 Å². The fourth-order valence-electron chi connectivity index (χ4n) is 6.79. The van der Waals surface area contributed by atoms with Crippen LogP contribution in [0.1, 0.15) is 74.5 Å². The highest BCUT2D eigenvalue weighted by molar-refractivity contribution is 6.00. The summed E-state index contributed by atoms with van der Waals surface area (Å²) in [5.74, 6) is -0.394. The molecule has 2 N–H and O–H groups in total. The molecular formula is C36H50ClN5O3. The molecule has 1 spiro atoms. The van der Waals surface area contributed by atoms with Gasteiger partial charge in [-0.3, -0.25) is 14.5 Å². The predicted octanol–water partition coefficient (Wildman–Crippen LogP) is 5.17. The van der Waals surface area contributed by atoms with Crippen molar-refractivity contribution in [3.8, 4) is 5.69 Å². The predicted molar refractivity (Wildman–Crippen MR) is 181 cm³/mol. The first kappa shape index (κ1) is 34.7. The number of likely N-dealkylation sites (tertiary alicyclic amines) is 1. The van der Waals surface area contributed by atoms with Crippen LogP contribution in [0, 0.1) is 19.8 Å². The summed E-state index contributed by atoms with van der Waals surface area (Å²) in [6.45, 7) is 12.7. The summed E-state index contributed by atoms with van der Waals surface area (Å²) in [7, 11) is 0. The van der Waals surface area contributed by atoms with Crippen molar-refractivity contribution in [3.05, 3.63) is 82.7 Å². The lowest BCUT2D eigenvalue weighted by molar-refractivity contribution is -0.165. The Bertz CT molecular complexity index is 1430. The van der Waals surface area contributed by atoms with Crippen LogP contribution in [-0.4, -0.2) is 73.8 Å². The molecule has 2 atom stereocenters. The maximum Gasteiger partial charge on any atom is 0.248 e. The molecule has 3 aromatic rings. The largest absolute Gasteiger partial charge is 0.390 e. The molecule has 0 aliphatic carbocycles. The van der Waals surface area contributed by atoms with Crippen molar-refractivity contribution in [2.24, 2.45) is 5.92 Å². The second-order valence-electron chi connectivity index (χ2n) is 13.1. The third-order valence-corrected chi connectivity index (χ3v) is 9.75. The zero-order valence-corrected chi connectivity index (χ0v) is 28.3. The SMILES string of the molecule is CCCCN1C(=O)[C@@H]([C@H](O)C(C)C)NC(=O)C12CCN(Cc1c(C)nn(-c3ccc(CCc4ccccc4)cc3)c1C)CC2.Cl. The van der Waals surface area contributed by atoms with Crippen molar-refractivity contribution in [3.63, 3.8) is 0 Å². The number of unbranched alkanes of at least 4 members (excludes halogenated alkanes) is 1. The normalized spacial score (nSPS) is 19.1. The number of aliphatic hydroxyl groups excluding tert-OH is 1. The Morgan fingerprint density at radius 2 is 1.60 bits per heavy atom. The monoisotopic (exact) mass is 635 g/mol. The molecule has 2 fully saturated rings. The van der Waals surface area contributed by atoms with Crippen LogP contribution in [0.15, 0.2) is 54.6 Å². The van der Waals surface area contributed by atoms with E-state index in [-0.39, 0.29) is 30.1 Å². The van der Waals surface area contributed by atoms with E-state index in [0.717, 1.165) is 49.3 Å². The number of carbonyl (C=O) groups is 2. The quantitative estimate of drug-likeness (QED) is 0.303. The summed E-state index contributed by atoms with van der Waals surface area (Å²) in [6.07, 6.45) is 4.05. The van der Waals surface area contributed by atoms with Crippen LogP contribution in [0.5, 0.6) is 0 Å². The highest BCUT2D eigenvalue weighted by Gasteiger charge is 2.54. The molecule has 0 radical (unpaired) electrons. The first-order valence-electron chi connectivity index (χ1n) is 16.4. The molecule has 2 aliphatic heterocycles. The fraction of sp³-hybridized carbons (Fsp3) is 0.528. The Hall–Kier alpha value is -3.20. The number of piperidine rings is 1. The van der Waals surface area contributed by atoms with Crippen LogP contribution < -0.4 is 5.32 Å². The summed E-state index contributed by atoms with van der Waals surface area (Å²) in [6, 6.07) is 18.4. The third kappa shape index (κ3) is 7.29. The van der Waals surface area contributed by atoms with Gasteiger partial charge in [0.2, 0.25) is 11.8 Å². The number of nitrogens with one attached hydrogen (secondary N) is 1. The molecule has 5 rings (SSSR count). The minimum absolute atomic E-state index is 0. The molecule has 2 amide bonds. The lowest BCUT2D eigenvalue weighted by Crippen LogP contribution is -2.74. The molecule has 9 heteroatoms. The zero-order valence-electron chi connectivity index (χ0n) is 27.5. The summed E-state index contributed by atoms with van der Waals surface area (Å²) >= 11 is 0. The minimum Gasteiger partial charge on any atom is -0.390 e. The van der Waals surface area contributed by atoms with Gasteiger partial charge in [0.15, 0.2) is 0 Å². The van der Waals surface area contributed by atoms with Gasteiger partial charge in [0.25, 0.3) is 0 Å². The van der Waals surface area contributed by atoms with Gasteiger partial charge in [-0.15, -0.1) is 12.4 Å². The van der Waals surface area contributed by atoms with E-state index in [0.29, 0.717) is 32.5 Å². The maximum absolute atomic E-state index is 13.7. The second-order valence-corrected chi connectivity index (χ2v) is 13.1. The average molecular weight is 636 g/mol. The Morgan fingerprint density at radius 3 is 2.20 bits per heavy atom. The van der Waals surface area contributed by atoms with Gasteiger partial charge in [-0.25, -0.2) is 4.68 Å². The molecule has 1 aromatic heterocycles. The molecular weight excluding hydrogens is 586 g/mol. The topological polar surface area (TPSA) is 90.7 Å². The standard InChI is InChI=1S/C36H49N5O3.ClH/c1-6-7-21-40-34(43)32(33(42)25(2)3)37-35(44)36(40)19-22-39(23-20-36)24-31-26(4)38-41(27(31)5)30-17-15-29(16-18-30)14-13-28-11-9-8-10-12-28;/h8-12,15-18,25,32-33,42H,6-7,13-14,19-24H2,1-5H3,(H,37,44);1H/t32-,33-;/m1./s1. The number of carbonyl (C=O) groups excluding carboxylic acids is 2. The maximum atomic E-state index is 13.7. The van der Waals surface area contributed by atoms with Gasteiger partial charge in [0, 0.05) is 37.4 Å². The van der Waals surface area contributed by atoms with Crippen molar-refractivity contribution in [1.29, 1.82) is 0 Å². The Kier molecular flexibility index (Phi) is 11.5. The van der Waals surface area contributed by atoms with Crippen molar-refractivity contribution < 1.29 is 14.7 Å². The summed E-state index contributed by atoms with van der Waals surface area (Å²) in [4.78, 5) is 31.5. The Labute approximate surface area is 274 Å². The number of piperazine rings is 1. The van der Waals surface area contributed by atoms with E-state index < -0.39 is 17.7 Å². The smallest absolute Gasteiger partial charge is 0.248 e. The zero-order chi connectivity index (χ0) is 31.4. The first-order valence-corrected chi connectivity index (χ1v) is 16.4. The molecule has 2 aromatic carbocycles. The Balaban J connectivity index is 0.00000461. The van der Waals surface area contributed by atoms with Crippen molar-refractivity contribution in [2.75, 3.05) is 19.6 Å². The number of halogens is 1. The molecule has 0 unspecified atom stereocenters. The van der Waals surface area contributed by atoms with Gasteiger partial charge in [0.1, 0.15) is 11.6 Å². The Morgan fingerprint density at radius 1 is 0.978 bits per heavy atom. The van der Waals surface area contributed by atoms with E-state index >= 15 is 0 Å². The van der Waals surface area contributed by atoms with E-state index in [1.165, 1.54) is 16.7 Å². The van der Waals surface area contributed by atoms with Gasteiger partial charge in [-0.05, 0) is 75.1 Å². The molecule has 45 heavy (non-hydrogen) atoms. The van der Waals surface area contributed by atoms with Crippen LogP contribution in [0.25, 0.3) is 5.69 Å². The van der Waals surface area contributed by atoms with E-state index in [4.69, 9.17) is 5.10 Å². The molecule has 244 valence electrons. The highest BCUT2D eigenvalue weighted by atomic mass is 35.5. The van der Waals surface area contributed by atoms with Gasteiger partial charge >= 0.3 is 0 Å². The number of aryl methyl sites for hydroxylation is 3. The van der Waals surface area contributed by atoms with Crippen LogP contribution in [0.2, 0.25) is 0 Å². The number of hydrogen-bond donors (Lipinski definition) is 2. The first-order chi connectivity index (χ1) is 21.1. The van der Waals surface area contributed by atoms with Gasteiger partial charge in [-0.1, -0.05) is 69.7 Å². The van der Waals surface area contributed by atoms with Gasteiger partial charge < -0.3 is 15.3 Å². The molecule has 2 saturated heterocycles. The van der Waals surface area contributed by atoms with Crippen LogP contribution in [0.4, 0.5) is 0 Å². The second kappa shape index (κ2) is 14.9. The van der Waals surface area contributed by atoms with Crippen molar-refractivity contribution >= 4 is 24.2 Å². The number of rotatable bonds is 11. The number of hydrogen-bond acceptors (Lipinski definition) is 5. The molecule has 0 bridgehead atoms. The lowest BCUT2D eigenvalue weighted by atomic mass is 9.80. The average Bonchev–Trinajstić information content (AvgIpc) is 3.31. The highest BCUT2D eigenvalue weighted by Crippen LogP contribution is 2.35. The number of aliphatic hydroxyl groups is 1. The minimum atomic E-state index is -0.902.